The van der Waals surface area contributed by atoms with Crippen molar-refractivity contribution in [3.05, 3.63) is 106 Å². The predicted molar refractivity (Wildman–Crippen MR) is 111 cm³/mol. The zero-order chi connectivity index (χ0) is 22.2. The number of carbonyl (C=O) groups excluding carboxylic acids is 4. The van der Waals surface area contributed by atoms with Crippen molar-refractivity contribution in [1.29, 1.82) is 5.26 Å². The Morgan fingerprint density at radius 1 is 0.688 bits per heavy atom. The number of hydrogen-bond acceptors (Lipinski definition) is 6. The van der Waals surface area contributed by atoms with Gasteiger partial charge in [0.05, 0.1) is 28.8 Å². The first-order valence-corrected chi connectivity index (χ1v) is 9.97. The first-order valence-electron chi connectivity index (χ1n) is 9.97. The Morgan fingerprint density at radius 3 is 1.62 bits per heavy atom. The summed E-state index contributed by atoms with van der Waals surface area (Å²) in [6.07, 6.45) is 0. The van der Waals surface area contributed by atoms with Crippen LogP contribution < -0.4 is 0 Å². The fourth-order valence-electron chi connectivity index (χ4n) is 4.90. The summed E-state index contributed by atoms with van der Waals surface area (Å²) in [4.78, 5) is 53.6. The summed E-state index contributed by atoms with van der Waals surface area (Å²) in [6.45, 7) is 0. The van der Waals surface area contributed by atoms with Gasteiger partial charge in [-0.05, 0) is 29.8 Å². The number of hydrazine groups is 1. The second kappa shape index (κ2) is 6.06. The highest BCUT2D eigenvalue weighted by atomic mass is 16.2. The Labute approximate surface area is 182 Å². The van der Waals surface area contributed by atoms with Gasteiger partial charge in [-0.1, -0.05) is 48.5 Å². The van der Waals surface area contributed by atoms with Crippen LogP contribution in [0.4, 0.5) is 0 Å². The summed E-state index contributed by atoms with van der Waals surface area (Å²) < 4.78 is 0. The van der Waals surface area contributed by atoms with Crippen LogP contribution in [0.2, 0.25) is 0 Å². The van der Waals surface area contributed by atoms with Crippen LogP contribution in [-0.4, -0.2) is 38.9 Å². The van der Waals surface area contributed by atoms with Crippen molar-refractivity contribution in [2.45, 2.75) is 11.6 Å². The summed E-state index contributed by atoms with van der Waals surface area (Å²) in [5.74, 6) is -2.02. The van der Waals surface area contributed by atoms with Crippen LogP contribution in [0.25, 0.3) is 0 Å². The van der Waals surface area contributed by atoms with Gasteiger partial charge >= 0.3 is 0 Å². The van der Waals surface area contributed by atoms with E-state index in [4.69, 9.17) is 5.26 Å². The highest BCUT2D eigenvalue weighted by Gasteiger charge is 2.79. The molecule has 2 amide bonds. The molecule has 1 fully saturated rings. The fraction of sp³-hybridized carbons (Fsp3) is 0.0800. The van der Waals surface area contributed by atoms with Crippen LogP contribution in [0, 0.1) is 11.3 Å². The van der Waals surface area contributed by atoms with E-state index in [2.05, 4.69) is 0 Å². The zero-order valence-corrected chi connectivity index (χ0v) is 16.5. The molecule has 3 aromatic carbocycles. The first kappa shape index (κ1) is 18.4. The molecule has 1 saturated heterocycles. The molecule has 32 heavy (non-hydrogen) atoms. The number of imide groups is 1. The average molecular weight is 419 g/mol. The molecule has 0 bridgehead atoms. The lowest BCUT2D eigenvalue weighted by molar-refractivity contribution is 0.0297. The summed E-state index contributed by atoms with van der Waals surface area (Å²) in [6, 6.07) is 20.6. The third kappa shape index (κ3) is 2.02. The van der Waals surface area contributed by atoms with E-state index in [-0.39, 0.29) is 22.3 Å². The second-order valence-electron chi connectivity index (χ2n) is 7.92. The molecule has 152 valence electrons. The molecule has 2 aliphatic heterocycles. The lowest BCUT2D eigenvalue weighted by Gasteiger charge is -2.18. The Morgan fingerprint density at radius 2 is 1.16 bits per heavy atom. The number of hydrogen-bond donors (Lipinski definition) is 0. The van der Waals surface area contributed by atoms with E-state index in [1.165, 1.54) is 5.01 Å². The Bertz CT molecular complexity index is 1360. The van der Waals surface area contributed by atoms with Crippen LogP contribution >= 0.6 is 0 Å². The predicted octanol–water partition coefficient (Wildman–Crippen LogP) is 2.94. The molecule has 1 spiro atoms. The minimum atomic E-state index is -1.70. The smallest absolute Gasteiger partial charge is 0.276 e. The Kier molecular flexibility index (Phi) is 3.48. The van der Waals surface area contributed by atoms with E-state index in [0.29, 0.717) is 11.1 Å². The van der Waals surface area contributed by atoms with E-state index in [1.807, 2.05) is 6.07 Å². The van der Waals surface area contributed by atoms with Crippen LogP contribution in [0.1, 0.15) is 58.6 Å². The third-order valence-electron chi connectivity index (χ3n) is 6.39. The maximum atomic E-state index is 13.6. The monoisotopic (exact) mass is 419 g/mol. The van der Waals surface area contributed by atoms with Crippen molar-refractivity contribution in [2.24, 2.45) is 0 Å². The topological polar surface area (TPSA) is 98.3 Å². The molecular weight excluding hydrogens is 406 g/mol. The number of nitriles is 1. The Hall–Kier alpha value is -4.41. The van der Waals surface area contributed by atoms with Crippen LogP contribution in [0.15, 0.2) is 72.8 Å². The van der Waals surface area contributed by atoms with Gasteiger partial charge in [-0.3, -0.25) is 19.2 Å². The van der Waals surface area contributed by atoms with Crippen molar-refractivity contribution in [2.75, 3.05) is 0 Å². The SMILES string of the molecule is N#Cc1ccc(C2N(N3C(=O)c4ccccc4C3=O)C23C(=O)c2ccccc2C3=O)cc1. The summed E-state index contributed by atoms with van der Waals surface area (Å²) in [5.41, 5.74) is 0.288. The molecule has 3 aromatic rings. The lowest BCUT2D eigenvalue weighted by Crippen LogP contribution is -2.43. The summed E-state index contributed by atoms with van der Waals surface area (Å²) >= 11 is 0. The van der Waals surface area contributed by atoms with Gasteiger partial charge in [0.25, 0.3) is 11.8 Å². The minimum Gasteiger partial charge on any atom is -0.291 e. The molecule has 3 aliphatic rings. The van der Waals surface area contributed by atoms with Gasteiger partial charge in [0.1, 0.15) is 0 Å². The maximum absolute atomic E-state index is 13.6. The molecule has 2 unspecified atom stereocenters. The minimum absolute atomic E-state index is 0.230. The molecule has 7 nitrogen and oxygen atoms in total. The van der Waals surface area contributed by atoms with Crippen molar-refractivity contribution < 1.29 is 19.2 Å². The second-order valence-corrected chi connectivity index (χ2v) is 7.92. The summed E-state index contributed by atoms with van der Waals surface area (Å²) in [7, 11) is 0. The lowest BCUT2D eigenvalue weighted by atomic mass is 9.94. The number of nitrogens with zero attached hydrogens (tertiary/aromatic N) is 3. The number of benzene rings is 3. The number of Topliss-reactive ketones (excluding diaryl/α,β-unsaturated/α-hetero) is 2. The number of rotatable bonds is 2. The van der Waals surface area contributed by atoms with E-state index >= 15 is 0 Å². The third-order valence-corrected chi connectivity index (χ3v) is 6.39. The van der Waals surface area contributed by atoms with Gasteiger partial charge in [0.15, 0.2) is 17.1 Å². The molecule has 1 aliphatic carbocycles. The van der Waals surface area contributed by atoms with Gasteiger partial charge in [-0.25, -0.2) is 0 Å². The van der Waals surface area contributed by atoms with Gasteiger partial charge in [0.2, 0.25) is 0 Å². The number of carbonyl (C=O) groups is 4. The van der Waals surface area contributed by atoms with Crippen LogP contribution in [0.3, 0.4) is 0 Å². The van der Waals surface area contributed by atoms with Crippen molar-refractivity contribution in [1.82, 2.24) is 10.0 Å². The molecule has 2 heterocycles. The zero-order valence-electron chi connectivity index (χ0n) is 16.5. The quantitative estimate of drug-likeness (QED) is 0.360. The highest BCUT2D eigenvalue weighted by molar-refractivity contribution is 6.36. The number of fused-ring (bicyclic) bond motifs is 2. The Balaban J connectivity index is 1.53. The van der Waals surface area contributed by atoms with Gasteiger partial charge in [0, 0.05) is 11.1 Å². The normalized spacial score (nSPS) is 22.2. The highest BCUT2D eigenvalue weighted by Crippen LogP contribution is 2.61. The molecule has 0 N–H and O–H groups in total. The number of ketones is 2. The number of amides is 2. The largest absolute Gasteiger partial charge is 0.291 e. The van der Waals surface area contributed by atoms with E-state index in [1.54, 1.807) is 72.8 Å². The maximum Gasteiger partial charge on any atom is 0.276 e. The van der Waals surface area contributed by atoms with E-state index in [9.17, 15) is 19.2 Å². The molecule has 6 rings (SSSR count). The molecule has 0 aromatic heterocycles. The molecule has 0 radical (unpaired) electrons. The van der Waals surface area contributed by atoms with Gasteiger partial charge in [-0.15, -0.1) is 0 Å². The molecule has 7 heteroatoms. The molecule has 0 saturated carbocycles. The van der Waals surface area contributed by atoms with E-state index in [0.717, 1.165) is 5.01 Å². The van der Waals surface area contributed by atoms with Gasteiger partial charge in [-0.2, -0.15) is 15.3 Å². The van der Waals surface area contributed by atoms with E-state index < -0.39 is 35.0 Å². The average Bonchev–Trinajstić information content (AvgIpc) is 3.39. The van der Waals surface area contributed by atoms with Gasteiger partial charge < -0.3 is 0 Å². The first-order chi connectivity index (χ1) is 15.5. The van der Waals surface area contributed by atoms with Crippen molar-refractivity contribution >= 4 is 23.4 Å². The fourth-order valence-corrected chi connectivity index (χ4v) is 4.90. The summed E-state index contributed by atoms with van der Waals surface area (Å²) in [5, 5.41) is 11.4. The van der Waals surface area contributed by atoms with Crippen LogP contribution in [0.5, 0.6) is 0 Å². The molecule has 2 atom stereocenters. The van der Waals surface area contributed by atoms with Crippen LogP contribution in [-0.2, 0) is 0 Å². The van der Waals surface area contributed by atoms with Crippen molar-refractivity contribution in [3.8, 4) is 6.07 Å². The van der Waals surface area contributed by atoms with Crippen molar-refractivity contribution in [3.63, 3.8) is 0 Å². The standard InChI is InChI=1S/C25H13N3O4/c26-13-14-9-11-15(12-10-14)20-25(21(29)16-5-1-2-6-17(16)22(25)30)28(20)27-23(31)18-7-3-4-8-19(18)24(27)32/h1-12,20H. The molecular formula is C25H13N3O4.